The Balaban J connectivity index is 1.62. The van der Waals surface area contributed by atoms with Crippen molar-refractivity contribution >= 4 is 34.3 Å². The van der Waals surface area contributed by atoms with Crippen LogP contribution in [-0.4, -0.2) is 32.8 Å². The Morgan fingerprint density at radius 3 is 2.58 bits per heavy atom. The summed E-state index contributed by atoms with van der Waals surface area (Å²) in [5.74, 6) is -1.66. The van der Waals surface area contributed by atoms with E-state index in [0.29, 0.717) is 21.6 Å². The number of hydrogen-bond acceptors (Lipinski definition) is 5. The second kappa shape index (κ2) is 7.46. The molecule has 6 nitrogen and oxygen atoms in total. The van der Waals surface area contributed by atoms with Gasteiger partial charge in [0.2, 0.25) is 5.78 Å². The zero-order valence-electron chi connectivity index (χ0n) is 16.5. The van der Waals surface area contributed by atoms with E-state index in [1.165, 1.54) is 12.1 Å². The van der Waals surface area contributed by atoms with Gasteiger partial charge in [0.1, 0.15) is 11.3 Å². The molecule has 0 bridgehead atoms. The summed E-state index contributed by atoms with van der Waals surface area (Å²) in [5, 5.41) is 22.0. The molecule has 2 aliphatic rings. The predicted molar refractivity (Wildman–Crippen MR) is 115 cm³/mol. The molecular weight excluding hydrogens is 418 g/mol. The number of aliphatic hydroxyl groups is 1. The van der Waals surface area contributed by atoms with Crippen molar-refractivity contribution in [1.29, 1.82) is 0 Å². The summed E-state index contributed by atoms with van der Waals surface area (Å²) < 4.78 is 5.72. The molecule has 31 heavy (non-hydrogen) atoms. The Bertz CT molecular complexity index is 1240. The Kier molecular flexibility index (Phi) is 4.74. The van der Waals surface area contributed by atoms with Gasteiger partial charge in [-0.15, -0.1) is 0 Å². The number of halogens is 1. The highest BCUT2D eigenvalue weighted by molar-refractivity contribution is 6.31. The molecule has 1 aromatic heterocycles. The summed E-state index contributed by atoms with van der Waals surface area (Å²) in [7, 11) is 0. The summed E-state index contributed by atoms with van der Waals surface area (Å²) in [6.07, 6.45) is 3.57. The average Bonchev–Trinajstić information content (AvgIpc) is 3.46. The highest BCUT2D eigenvalue weighted by Gasteiger charge is 2.47. The number of carbonyl (C=O) groups excluding carboxylic acids is 2. The van der Waals surface area contributed by atoms with E-state index in [1.54, 1.807) is 41.3 Å². The third-order valence-electron chi connectivity index (χ3n) is 6.09. The Morgan fingerprint density at radius 2 is 1.84 bits per heavy atom. The molecule has 1 amide bonds. The van der Waals surface area contributed by atoms with Crippen molar-refractivity contribution in [2.45, 2.75) is 37.8 Å². The number of nitrogens with zero attached hydrogens (tertiary/aromatic N) is 1. The molecule has 1 unspecified atom stereocenters. The minimum Gasteiger partial charge on any atom is -0.508 e. The first kappa shape index (κ1) is 19.7. The topological polar surface area (TPSA) is 91.0 Å². The van der Waals surface area contributed by atoms with Crippen molar-refractivity contribution in [3.05, 3.63) is 76.2 Å². The van der Waals surface area contributed by atoms with Crippen LogP contribution in [0.5, 0.6) is 5.75 Å². The molecule has 7 heteroatoms. The molecule has 5 rings (SSSR count). The number of aliphatic hydroxyl groups excluding tert-OH is 1. The molecule has 0 saturated heterocycles. The van der Waals surface area contributed by atoms with Crippen LogP contribution in [0, 0.1) is 0 Å². The fourth-order valence-electron chi connectivity index (χ4n) is 4.70. The lowest BCUT2D eigenvalue weighted by molar-refractivity contribution is -0.131. The van der Waals surface area contributed by atoms with Crippen molar-refractivity contribution in [3.8, 4) is 5.75 Å². The number of carbonyl (C=O) groups is 2. The Labute approximate surface area is 183 Å². The number of Topliss-reactive ketones (excluding diaryl/α,β-unsaturated/α-hetero) is 1. The van der Waals surface area contributed by atoms with E-state index < -0.39 is 23.5 Å². The number of amides is 1. The molecule has 1 saturated carbocycles. The van der Waals surface area contributed by atoms with Crippen LogP contribution in [0.4, 0.5) is 0 Å². The molecule has 1 atom stereocenters. The standard InChI is InChI=1S/C24H20ClNO5/c25-15-8-9-18-14(10-15)12-19(31-18)22(28)20-21(13-4-3-7-17(27)11-13)26(24(30)23(20)29)16-5-1-2-6-16/h3-4,7-12,16,21,27,29H,1-2,5-6H2. The van der Waals surface area contributed by atoms with E-state index in [1.807, 2.05) is 0 Å². The van der Waals surface area contributed by atoms with Crippen LogP contribution in [0.2, 0.25) is 5.02 Å². The summed E-state index contributed by atoms with van der Waals surface area (Å²) in [6, 6.07) is 12.1. The van der Waals surface area contributed by atoms with E-state index in [9.17, 15) is 19.8 Å². The lowest BCUT2D eigenvalue weighted by atomic mass is 9.94. The molecule has 1 aliphatic heterocycles. The first-order valence-electron chi connectivity index (χ1n) is 10.2. The zero-order valence-corrected chi connectivity index (χ0v) is 17.3. The van der Waals surface area contributed by atoms with Gasteiger partial charge in [-0.1, -0.05) is 36.6 Å². The third kappa shape index (κ3) is 3.27. The zero-order chi connectivity index (χ0) is 21.7. The van der Waals surface area contributed by atoms with Crippen molar-refractivity contribution < 1.29 is 24.2 Å². The van der Waals surface area contributed by atoms with E-state index in [0.717, 1.165) is 25.7 Å². The van der Waals surface area contributed by atoms with Crippen molar-refractivity contribution in [3.63, 3.8) is 0 Å². The Hall–Kier alpha value is -3.25. The largest absolute Gasteiger partial charge is 0.508 e. The smallest absolute Gasteiger partial charge is 0.290 e. The van der Waals surface area contributed by atoms with Gasteiger partial charge in [0.05, 0.1) is 11.6 Å². The predicted octanol–water partition coefficient (Wildman–Crippen LogP) is 5.31. The van der Waals surface area contributed by atoms with Gasteiger partial charge in [-0.3, -0.25) is 9.59 Å². The van der Waals surface area contributed by atoms with Gasteiger partial charge in [0.25, 0.3) is 5.91 Å². The number of phenols is 1. The molecule has 2 aromatic carbocycles. The molecule has 0 spiro atoms. The highest BCUT2D eigenvalue weighted by atomic mass is 35.5. The molecular formula is C24H20ClNO5. The number of benzene rings is 2. The van der Waals surface area contributed by atoms with Crippen LogP contribution >= 0.6 is 11.6 Å². The third-order valence-corrected chi connectivity index (χ3v) is 6.33. The molecule has 1 fully saturated rings. The fourth-order valence-corrected chi connectivity index (χ4v) is 4.88. The van der Waals surface area contributed by atoms with E-state index in [-0.39, 0.29) is 23.1 Å². The monoisotopic (exact) mass is 437 g/mol. The normalized spacial score (nSPS) is 19.7. The fraction of sp³-hybridized carbons (Fsp3) is 0.250. The van der Waals surface area contributed by atoms with Crippen molar-refractivity contribution in [2.75, 3.05) is 0 Å². The van der Waals surface area contributed by atoms with Crippen LogP contribution in [0.15, 0.2) is 64.3 Å². The highest BCUT2D eigenvalue weighted by Crippen LogP contribution is 2.44. The van der Waals surface area contributed by atoms with Crippen LogP contribution in [0.25, 0.3) is 11.0 Å². The quantitative estimate of drug-likeness (QED) is 0.539. The van der Waals surface area contributed by atoms with E-state index in [2.05, 4.69) is 0 Å². The van der Waals surface area contributed by atoms with Gasteiger partial charge in [-0.05, 0) is 54.8 Å². The van der Waals surface area contributed by atoms with Crippen LogP contribution < -0.4 is 0 Å². The number of furan rings is 1. The number of ketones is 1. The van der Waals surface area contributed by atoms with Crippen molar-refractivity contribution in [1.82, 2.24) is 4.90 Å². The molecule has 1 aliphatic carbocycles. The van der Waals surface area contributed by atoms with Gasteiger partial charge in [-0.25, -0.2) is 0 Å². The minimum absolute atomic E-state index is 0.0186. The van der Waals surface area contributed by atoms with Gasteiger partial charge >= 0.3 is 0 Å². The van der Waals surface area contributed by atoms with Gasteiger partial charge in [0.15, 0.2) is 11.5 Å². The van der Waals surface area contributed by atoms with E-state index in [4.69, 9.17) is 16.0 Å². The minimum atomic E-state index is -0.799. The maximum absolute atomic E-state index is 13.5. The number of fused-ring (bicyclic) bond motifs is 1. The number of hydrogen-bond donors (Lipinski definition) is 2. The van der Waals surface area contributed by atoms with E-state index >= 15 is 0 Å². The number of aromatic hydroxyl groups is 1. The van der Waals surface area contributed by atoms with Crippen LogP contribution in [0.3, 0.4) is 0 Å². The molecule has 3 aromatic rings. The van der Waals surface area contributed by atoms with Crippen molar-refractivity contribution in [2.24, 2.45) is 0 Å². The summed E-state index contributed by atoms with van der Waals surface area (Å²) in [6.45, 7) is 0. The molecule has 0 radical (unpaired) electrons. The number of phenolic OH excluding ortho intramolecular Hbond substituents is 1. The lowest BCUT2D eigenvalue weighted by Gasteiger charge is -2.32. The molecule has 2 heterocycles. The van der Waals surface area contributed by atoms with Crippen LogP contribution in [-0.2, 0) is 4.79 Å². The maximum Gasteiger partial charge on any atom is 0.290 e. The van der Waals surface area contributed by atoms with Crippen LogP contribution in [0.1, 0.15) is 47.8 Å². The van der Waals surface area contributed by atoms with Gasteiger partial charge in [-0.2, -0.15) is 0 Å². The second-order valence-corrected chi connectivity index (χ2v) is 8.47. The maximum atomic E-state index is 13.5. The number of rotatable bonds is 4. The SMILES string of the molecule is O=C(C1=C(O)C(=O)N(C2CCCC2)C1c1cccc(O)c1)c1cc2cc(Cl)ccc2o1. The van der Waals surface area contributed by atoms with Gasteiger partial charge < -0.3 is 19.5 Å². The first-order valence-corrected chi connectivity index (χ1v) is 10.6. The Morgan fingerprint density at radius 1 is 1.06 bits per heavy atom. The summed E-state index contributed by atoms with van der Waals surface area (Å²) in [4.78, 5) is 28.2. The first-order chi connectivity index (χ1) is 14.9. The summed E-state index contributed by atoms with van der Waals surface area (Å²) in [5.41, 5.74) is 1.01. The average molecular weight is 438 g/mol. The molecule has 158 valence electrons. The lowest BCUT2D eigenvalue weighted by Crippen LogP contribution is -2.38. The van der Waals surface area contributed by atoms with Gasteiger partial charge in [0, 0.05) is 16.5 Å². The summed E-state index contributed by atoms with van der Waals surface area (Å²) >= 11 is 6.04. The molecule has 2 N–H and O–H groups in total. The second-order valence-electron chi connectivity index (χ2n) is 8.03.